The first-order chi connectivity index (χ1) is 13.9. The second-order valence-electron chi connectivity index (χ2n) is 8.80. The SMILES string of the molecule is Cc1c(NC(=O)CCN2CCCC(CN3CCC(C)CC3)C2)cccc1[N+](=O)[O-]. The molecule has 3 rings (SSSR count). The molecule has 1 amide bonds. The smallest absolute Gasteiger partial charge is 0.274 e. The van der Waals surface area contributed by atoms with Crippen molar-refractivity contribution in [1.29, 1.82) is 0 Å². The third-order valence-corrected chi connectivity index (χ3v) is 6.43. The third kappa shape index (κ3) is 6.24. The Morgan fingerprint density at radius 1 is 1.21 bits per heavy atom. The summed E-state index contributed by atoms with van der Waals surface area (Å²) in [6.45, 7) is 10.5. The van der Waals surface area contributed by atoms with E-state index in [1.807, 2.05) is 0 Å². The van der Waals surface area contributed by atoms with Crippen LogP contribution in [0.5, 0.6) is 0 Å². The summed E-state index contributed by atoms with van der Waals surface area (Å²) in [6.07, 6.45) is 5.51. The Morgan fingerprint density at radius 2 is 1.97 bits per heavy atom. The molecule has 0 radical (unpaired) electrons. The summed E-state index contributed by atoms with van der Waals surface area (Å²) >= 11 is 0. The molecule has 160 valence electrons. The Morgan fingerprint density at radius 3 is 2.69 bits per heavy atom. The van der Waals surface area contributed by atoms with E-state index in [-0.39, 0.29) is 11.6 Å². The van der Waals surface area contributed by atoms with Crippen molar-refractivity contribution in [3.63, 3.8) is 0 Å². The number of piperidine rings is 2. The van der Waals surface area contributed by atoms with E-state index < -0.39 is 4.92 Å². The Kier molecular flexibility index (Phi) is 7.61. The average molecular weight is 403 g/mol. The third-order valence-electron chi connectivity index (χ3n) is 6.43. The van der Waals surface area contributed by atoms with Crippen LogP contribution in [0.2, 0.25) is 0 Å². The average Bonchev–Trinajstić information content (AvgIpc) is 2.70. The maximum Gasteiger partial charge on any atom is 0.274 e. The lowest BCUT2D eigenvalue weighted by atomic mass is 9.94. The van der Waals surface area contributed by atoms with Crippen molar-refractivity contribution >= 4 is 17.3 Å². The number of hydrogen-bond acceptors (Lipinski definition) is 5. The van der Waals surface area contributed by atoms with Crippen LogP contribution in [0, 0.1) is 28.9 Å². The summed E-state index contributed by atoms with van der Waals surface area (Å²) in [5, 5.41) is 13.9. The topological polar surface area (TPSA) is 78.7 Å². The highest BCUT2D eigenvalue weighted by molar-refractivity contribution is 5.92. The van der Waals surface area contributed by atoms with Gasteiger partial charge in [-0.15, -0.1) is 0 Å². The highest BCUT2D eigenvalue weighted by atomic mass is 16.6. The number of likely N-dealkylation sites (tertiary alicyclic amines) is 2. The van der Waals surface area contributed by atoms with Gasteiger partial charge >= 0.3 is 0 Å². The molecule has 0 aliphatic carbocycles. The molecule has 0 saturated carbocycles. The lowest BCUT2D eigenvalue weighted by molar-refractivity contribution is -0.385. The first kappa shape index (κ1) is 21.7. The van der Waals surface area contributed by atoms with Gasteiger partial charge in [-0.05, 0) is 70.1 Å². The van der Waals surface area contributed by atoms with Gasteiger partial charge in [-0.2, -0.15) is 0 Å². The van der Waals surface area contributed by atoms with Crippen LogP contribution in [0.3, 0.4) is 0 Å². The molecule has 1 unspecified atom stereocenters. The van der Waals surface area contributed by atoms with Crippen LogP contribution in [0.15, 0.2) is 18.2 Å². The number of nitro benzene ring substituents is 1. The summed E-state index contributed by atoms with van der Waals surface area (Å²) in [4.78, 5) is 28.1. The number of rotatable bonds is 7. The molecule has 29 heavy (non-hydrogen) atoms. The largest absolute Gasteiger partial charge is 0.326 e. The minimum absolute atomic E-state index is 0.0359. The number of carbonyl (C=O) groups excluding carboxylic acids is 1. The Bertz CT molecular complexity index is 716. The highest BCUT2D eigenvalue weighted by Crippen LogP contribution is 2.25. The fraction of sp³-hybridized carbons (Fsp3) is 0.682. The van der Waals surface area contributed by atoms with Crippen molar-refractivity contribution < 1.29 is 9.72 Å². The molecule has 0 spiro atoms. The lowest BCUT2D eigenvalue weighted by Gasteiger charge is -2.37. The predicted molar refractivity (Wildman–Crippen MR) is 115 cm³/mol. The van der Waals surface area contributed by atoms with Crippen LogP contribution < -0.4 is 5.32 Å². The summed E-state index contributed by atoms with van der Waals surface area (Å²) in [7, 11) is 0. The van der Waals surface area contributed by atoms with E-state index >= 15 is 0 Å². The van der Waals surface area contributed by atoms with Crippen LogP contribution in [-0.2, 0) is 4.79 Å². The molecule has 0 aromatic heterocycles. The number of benzene rings is 1. The van der Waals surface area contributed by atoms with Gasteiger partial charge in [0.15, 0.2) is 0 Å². The zero-order chi connectivity index (χ0) is 20.8. The maximum absolute atomic E-state index is 12.4. The monoisotopic (exact) mass is 402 g/mol. The van der Waals surface area contributed by atoms with E-state index in [1.165, 1.54) is 51.4 Å². The summed E-state index contributed by atoms with van der Waals surface area (Å²) in [6, 6.07) is 4.79. The molecule has 2 aliphatic rings. The van der Waals surface area contributed by atoms with E-state index in [4.69, 9.17) is 0 Å². The second kappa shape index (κ2) is 10.2. The number of hydrogen-bond donors (Lipinski definition) is 1. The van der Waals surface area contributed by atoms with E-state index in [2.05, 4.69) is 22.0 Å². The number of nitrogens with zero attached hydrogens (tertiary/aromatic N) is 3. The van der Waals surface area contributed by atoms with Gasteiger partial charge in [0.25, 0.3) is 5.69 Å². The van der Waals surface area contributed by atoms with E-state index in [1.54, 1.807) is 19.1 Å². The molecule has 0 bridgehead atoms. The Labute approximate surface area is 173 Å². The van der Waals surface area contributed by atoms with Crippen LogP contribution in [0.1, 0.15) is 44.6 Å². The molecule has 1 N–H and O–H groups in total. The van der Waals surface area contributed by atoms with Crippen LogP contribution >= 0.6 is 0 Å². The highest BCUT2D eigenvalue weighted by Gasteiger charge is 2.24. The molecule has 1 atom stereocenters. The van der Waals surface area contributed by atoms with Crippen molar-refractivity contribution in [2.24, 2.45) is 11.8 Å². The number of anilines is 1. The van der Waals surface area contributed by atoms with Crippen molar-refractivity contribution in [3.8, 4) is 0 Å². The van der Waals surface area contributed by atoms with E-state index in [9.17, 15) is 14.9 Å². The van der Waals surface area contributed by atoms with Gasteiger partial charge in [-0.25, -0.2) is 0 Å². The molecule has 2 heterocycles. The van der Waals surface area contributed by atoms with Crippen LogP contribution in [-0.4, -0.2) is 59.9 Å². The molecule has 1 aromatic rings. The van der Waals surface area contributed by atoms with Crippen molar-refractivity contribution in [3.05, 3.63) is 33.9 Å². The normalized spacial score (nSPS) is 21.8. The molecule has 7 nitrogen and oxygen atoms in total. The second-order valence-corrected chi connectivity index (χ2v) is 8.80. The lowest BCUT2D eigenvalue weighted by Crippen LogP contribution is -2.43. The van der Waals surface area contributed by atoms with Crippen molar-refractivity contribution in [2.75, 3.05) is 44.6 Å². The predicted octanol–water partition coefficient (Wildman–Crippen LogP) is 3.68. The molecule has 2 saturated heterocycles. The van der Waals surface area contributed by atoms with Crippen LogP contribution in [0.25, 0.3) is 0 Å². The number of nitro groups is 1. The van der Waals surface area contributed by atoms with Gasteiger partial charge in [0.1, 0.15) is 0 Å². The Balaban J connectivity index is 1.44. The van der Waals surface area contributed by atoms with Gasteiger partial charge in [0.05, 0.1) is 16.2 Å². The van der Waals surface area contributed by atoms with Gasteiger partial charge in [0.2, 0.25) is 5.91 Å². The van der Waals surface area contributed by atoms with Crippen LogP contribution in [0.4, 0.5) is 11.4 Å². The first-order valence-electron chi connectivity index (χ1n) is 10.9. The fourth-order valence-electron chi connectivity index (χ4n) is 4.54. The van der Waals surface area contributed by atoms with Crippen molar-refractivity contribution in [2.45, 2.75) is 46.0 Å². The molecule has 2 fully saturated rings. The first-order valence-corrected chi connectivity index (χ1v) is 10.9. The molecular weight excluding hydrogens is 368 g/mol. The summed E-state index contributed by atoms with van der Waals surface area (Å²) in [5.41, 5.74) is 1.06. The maximum atomic E-state index is 12.4. The number of carbonyl (C=O) groups is 1. The van der Waals surface area contributed by atoms with E-state index in [0.717, 1.165) is 25.6 Å². The molecular formula is C22H34N4O3. The van der Waals surface area contributed by atoms with Gasteiger partial charge in [-0.3, -0.25) is 14.9 Å². The van der Waals surface area contributed by atoms with Crippen molar-refractivity contribution in [1.82, 2.24) is 9.80 Å². The van der Waals surface area contributed by atoms with E-state index in [0.29, 0.717) is 23.6 Å². The van der Waals surface area contributed by atoms with Gasteiger partial charge < -0.3 is 15.1 Å². The number of nitrogens with one attached hydrogen (secondary N) is 1. The standard InChI is InChI=1S/C22H34N4O3/c1-17-8-12-25(13-9-17)16-19-5-4-11-24(15-19)14-10-22(27)23-20-6-3-7-21(18(20)2)26(28)29/h3,6-7,17,19H,4-5,8-16H2,1-2H3,(H,23,27). The summed E-state index contributed by atoms with van der Waals surface area (Å²) in [5.74, 6) is 1.47. The molecule has 1 aromatic carbocycles. The fourth-order valence-corrected chi connectivity index (χ4v) is 4.54. The molecule has 2 aliphatic heterocycles. The molecule has 7 heteroatoms. The summed E-state index contributed by atoms with van der Waals surface area (Å²) < 4.78 is 0. The van der Waals surface area contributed by atoms with Gasteiger partial charge in [0, 0.05) is 32.1 Å². The zero-order valence-corrected chi connectivity index (χ0v) is 17.7. The quantitative estimate of drug-likeness (QED) is 0.556. The zero-order valence-electron chi connectivity index (χ0n) is 17.7. The Hall–Kier alpha value is -1.99. The number of amides is 1. The minimum Gasteiger partial charge on any atom is -0.326 e. The van der Waals surface area contributed by atoms with Gasteiger partial charge in [-0.1, -0.05) is 13.0 Å². The minimum atomic E-state index is -0.415.